The molecule has 1 rings (SSSR count). The van der Waals surface area contributed by atoms with Crippen LogP contribution in [0.3, 0.4) is 0 Å². The van der Waals surface area contributed by atoms with E-state index in [0.717, 1.165) is 0 Å². The largest absolute Gasteiger partial charge is 0.508 e. The van der Waals surface area contributed by atoms with Crippen LogP contribution in [0.1, 0.15) is 22.8 Å². The number of likely N-dealkylation sites (N-methyl/N-ethyl adjacent to an activating group) is 1. The van der Waals surface area contributed by atoms with Gasteiger partial charge in [-0.15, -0.1) is 0 Å². The monoisotopic (exact) mass is 236 g/mol. The number of benzene rings is 1. The molecule has 0 saturated carbocycles. The smallest absolute Gasteiger partial charge is 0.252 e. The SMILES string of the molecule is CNC(=O)C(C)NC(=O)c1ccc(C)c(O)c1. The van der Waals surface area contributed by atoms with E-state index >= 15 is 0 Å². The van der Waals surface area contributed by atoms with Gasteiger partial charge in [0, 0.05) is 12.6 Å². The van der Waals surface area contributed by atoms with Crippen molar-refractivity contribution in [2.24, 2.45) is 0 Å². The topological polar surface area (TPSA) is 78.4 Å². The molecule has 0 spiro atoms. The minimum Gasteiger partial charge on any atom is -0.508 e. The fourth-order valence-electron chi connectivity index (χ4n) is 1.31. The molecule has 0 saturated heterocycles. The summed E-state index contributed by atoms with van der Waals surface area (Å²) in [7, 11) is 1.50. The molecule has 92 valence electrons. The van der Waals surface area contributed by atoms with Gasteiger partial charge in [-0.05, 0) is 31.5 Å². The van der Waals surface area contributed by atoms with Crippen molar-refractivity contribution in [2.45, 2.75) is 19.9 Å². The molecule has 0 bridgehead atoms. The van der Waals surface area contributed by atoms with E-state index < -0.39 is 11.9 Å². The summed E-state index contributed by atoms with van der Waals surface area (Å²) in [4.78, 5) is 23.0. The number of rotatable bonds is 3. The van der Waals surface area contributed by atoms with Crippen molar-refractivity contribution < 1.29 is 14.7 Å². The molecule has 0 radical (unpaired) electrons. The molecule has 1 aromatic carbocycles. The fourth-order valence-corrected chi connectivity index (χ4v) is 1.31. The molecule has 0 aliphatic carbocycles. The van der Waals surface area contributed by atoms with Gasteiger partial charge in [-0.25, -0.2) is 0 Å². The van der Waals surface area contributed by atoms with E-state index in [1.54, 1.807) is 26.0 Å². The van der Waals surface area contributed by atoms with Crippen LogP contribution in [0.15, 0.2) is 18.2 Å². The first-order valence-electron chi connectivity index (χ1n) is 5.27. The van der Waals surface area contributed by atoms with Crippen LogP contribution >= 0.6 is 0 Å². The van der Waals surface area contributed by atoms with Gasteiger partial charge in [-0.1, -0.05) is 6.07 Å². The van der Waals surface area contributed by atoms with Gasteiger partial charge >= 0.3 is 0 Å². The third-order valence-corrected chi connectivity index (χ3v) is 2.46. The average molecular weight is 236 g/mol. The number of phenols is 1. The Morgan fingerprint density at radius 2 is 2.00 bits per heavy atom. The van der Waals surface area contributed by atoms with E-state index in [-0.39, 0.29) is 11.7 Å². The quantitative estimate of drug-likeness (QED) is 0.717. The molecular weight excluding hydrogens is 220 g/mol. The maximum atomic E-state index is 11.7. The highest BCUT2D eigenvalue weighted by Crippen LogP contribution is 2.17. The molecule has 3 N–H and O–H groups in total. The van der Waals surface area contributed by atoms with Crippen LogP contribution in [0.5, 0.6) is 5.75 Å². The normalized spacial score (nSPS) is 11.7. The van der Waals surface area contributed by atoms with E-state index in [1.807, 2.05) is 0 Å². The predicted octanol–water partition coefficient (Wildman–Crippen LogP) is 0.565. The Balaban J connectivity index is 2.76. The zero-order valence-electron chi connectivity index (χ0n) is 10.1. The van der Waals surface area contributed by atoms with Crippen molar-refractivity contribution in [2.75, 3.05) is 7.05 Å². The summed E-state index contributed by atoms with van der Waals surface area (Å²) in [6, 6.07) is 4.01. The number of aromatic hydroxyl groups is 1. The number of aryl methyl sites for hydroxylation is 1. The van der Waals surface area contributed by atoms with Gasteiger partial charge in [-0.2, -0.15) is 0 Å². The lowest BCUT2D eigenvalue weighted by molar-refractivity contribution is -0.122. The number of carbonyl (C=O) groups excluding carboxylic acids is 2. The standard InChI is InChI=1S/C12H16N2O3/c1-7-4-5-9(6-10(7)15)12(17)14-8(2)11(16)13-3/h4-6,8,15H,1-3H3,(H,13,16)(H,14,17). The second-order valence-corrected chi connectivity index (χ2v) is 3.81. The third kappa shape index (κ3) is 3.21. The highest BCUT2D eigenvalue weighted by molar-refractivity contribution is 5.97. The highest BCUT2D eigenvalue weighted by atomic mass is 16.3. The van der Waals surface area contributed by atoms with Crippen LogP contribution in [-0.4, -0.2) is 30.0 Å². The molecule has 0 aliphatic heterocycles. The summed E-state index contributed by atoms with van der Waals surface area (Å²) >= 11 is 0. The Morgan fingerprint density at radius 3 is 2.53 bits per heavy atom. The van der Waals surface area contributed by atoms with E-state index in [9.17, 15) is 14.7 Å². The van der Waals surface area contributed by atoms with Gasteiger partial charge in [-0.3, -0.25) is 9.59 Å². The summed E-state index contributed by atoms with van der Waals surface area (Å²) in [5, 5.41) is 14.4. The molecule has 0 aromatic heterocycles. The van der Waals surface area contributed by atoms with Gasteiger partial charge in [0.05, 0.1) is 0 Å². The minimum absolute atomic E-state index is 0.0604. The summed E-state index contributed by atoms with van der Waals surface area (Å²) in [6.07, 6.45) is 0. The van der Waals surface area contributed by atoms with Crippen molar-refractivity contribution >= 4 is 11.8 Å². The summed E-state index contributed by atoms with van der Waals surface area (Å²) < 4.78 is 0. The van der Waals surface area contributed by atoms with Crippen LogP contribution in [0.2, 0.25) is 0 Å². The Bertz CT molecular complexity index is 443. The molecular formula is C12H16N2O3. The molecule has 5 nitrogen and oxygen atoms in total. The molecule has 1 unspecified atom stereocenters. The minimum atomic E-state index is -0.615. The van der Waals surface area contributed by atoms with Crippen molar-refractivity contribution in [3.05, 3.63) is 29.3 Å². The molecule has 0 aliphatic rings. The van der Waals surface area contributed by atoms with Crippen molar-refractivity contribution in [3.63, 3.8) is 0 Å². The summed E-state index contributed by atoms with van der Waals surface area (Å²) in [5.41, 5.74) is 1.02. The first kappa shape index (κ1) is 13.0. The number of carbonyl (C=O) groups is 2. The third-order valence-electron chi connectivity index (χ3n) is 2.46. The molecule has 0 heterocycles. The van der Waals surface area contributed by atoms with E-state index in [0.29, 0.717) is 11.1 Å². The fraction of sp³-hybridized carbons (Fsp3) is 0.333. The lowest BCUT2D eigenvalue weighted by atomic mass is 10.1. The van der Waals surface area contributed by atoms with Crippen molar-refractivity contribution in [1.82, 2.24) is 10.6 Å². The molecule has 5 heteroatoms. The van der Waals surface area contributed by atoms with Crippen molar-refractivity contribution in [3.8, 4) is 5.75 Å². The van der Waals surface area contributed by atoms with Crippen molar-refractivity contribution in [1.29, 1.82) is 0 Å². The number of hydrogen-bond donors (Lipinski definition) is 3. The lowest BCUT2D eigenvalue weighted by Gasteiger charge is -2.12. The number of amides is 2. The molecule has 0 fully saturated rings. The van der Waals surface area contributed by atoms with E-state index in [1.165, 1.54) is 13.1 Å². The number of nitrogens with one attached hydrogen (secondary N) is 2. The van der Waals surface area contributed by atoms with Crippen LogP contribution in [0.25, 0.3) is 0 Å². The maximum Gasteiger partial charge on any atom is 0.252 e. The Kier molecular flexibility index (Phi) is 4.09. The maximum absolute atomic E-state index is 11.7. The average Bonchev–Trinajstić information content (AvgIpc) is 2.31. The molecule has 1 aromatic rings. The second kappa shape index (κ2) is 5.34. The lowest BCUT2D eigenvalue weighted by Crippen LogP contribution is -2.43. The summed E-state index contributed by atoms with van der Waals surface area (Å²) in [5.74, 6) is -0.601. The number of phenolic OH excluding ortho intramolecular Hbond substituents is 1. The Morgan fingerprint density at radius 1 is 1.35 bits per heavy atom. The first-order valence-corrected chi connectivity index (χ1v) is 5.27. The van der Waals surface area contributed by atoms with E-state index in [4.69, 9.17) is 0 Å². The van der Waals surface area contributed by atoms with Crippen LogP contribution in [0.4, 0.5) is 0 Å². The zero-order chi connectivity index (χ0) is 13.0. The van der Waals surface area contributed by atoms with Gasteiger partial charge in [0.25, 0.3) is 5.91 Å². The van der Waals surface area contributed by atoms with Crippen LogP contribution in [-0.2, 0) is 4.79 Å². The Labute approximate surface area is 99.8 Å². The molecule has 1 atom stereocenters. The first-order chi connectivity index (χ1) is 7.95. The van der Waals surface area contributed by atoms with Crippen LogP contribution < -0.4 is 10.6 Å². The van der Waals surface area contributed by atoms with Gasteiger partial charge in [0.15, 0.2) is 0 Å². The zero-order valence-corrected chi connectivity index (χ0v) is 10.1. The van der Waals surface area contributed by atoms with Gasteiger partial charge in [0.2, 0.25) is 5.91 Å². The van der Waals surface area contributed by atoms with Crippen LogP contribution in [0, 0.1) is 6.92 Å². The number of hydrogen-bond acceptors (Lipinski definition) is 3. The molecule has 2 amide bonds. The van der Waals surface area contributed by atoms with E-state index in [2.05, 4.69) is 10.6 Å². The Hall–Kier alpha value is -2.04. The molecule has 17 heavy (non-hydrogen) atoms. The van der Waals surface area contributed by atoms with Gasteiger partial charge in [0.1, 0.15) is 11.8 Å². The summed E-state index contributed by atoms with van der Waals surface area (Å²) in [6.45, 7) is 3.33. The highest BCUT2D eigenvalue weighted by Gasteiger charge is 2.15. The van der Waals surface area contributed by atoms with Gasteiger partial charge < -0.3 is 15.7 Å². The predicted molar refractivity (Wildman–Crippen MR) is 63.8 cm³/mol. The second-order valence-electron chi connectivity index (χ2n) is 3.81.